The van der Waals surface area contributed by atoms with Crippen molar-refractivity contribution in [1.29, 1.82) is 0 Å². The molecule has 68 valence electrons. The Morgan fingerprint density at radius 2 is 2.15 bits per heavy atom. The molecule has 1 nitrogen and oxygen atoms in total. The van der Waals surface area contributed by atoms with Crippen molar-refractivity contribution < 1.29 is 0 Å². The second kappa shape index (κ2) is 3.64. The van der Waals surface area contributed by atoms with Crippen LogP contribution < -0.4 is 0 Å². The van der Waals surface area contributed by atoms with Crippen LogP contribution in [-0.2, 0) is 6.42 Å². The van der Waals surface area contributed by atoms with Crippen molar-refractivity contribution in [2.24, 2.45) is 0 Å². The number of halogens is 1. The molecule has 0 saturated carbocycles. The number of benzene rings is 1. The van der Waals surface area contributed by atoms with Crippen LogP contribution in [0.5, 0.6) is 0 Å². The summed E-state index contributed by atoms with van der Waals surface area (Å²) in [5.74, 6) is 0.862. The first-order valence-corrected chi connectivity index (χ1v) is 5.18. The number of fused-ring (bicyclic) bond motifs is 1. The van der Waals surface area contributed by atoms with E-state index in [1.807, 2.05) is 18.2 Å². The van der Waals surface area contributed by atoms with Gasteiger partial charge in [0.2, 0.25) is 0 Å². The summed E-state index contributed by atoms with van der Waals surface area (Å²) < 4.78 is 0. The molecule has 0 unspecified atom stereocenters. The lowest BCUT2D eigenvalue weighted by atomic mass is 10.2. The zero-order chi connectivity index (χ0) is 9.26. The van der Waals surface area contributed by atoms with Crippen LogP contribution in [0.2, 0.25) is 5.02 Å². The molecule has 0 bridgehead atoms. The van der Waals surface area contributed by atoms with Gasteiger partial charge < -0.3 is 4.98 Å². The number of aryl methyl sites for hydroxylation is 1. The second-order valence-corrected chi connectivity index (χ2v) is 3.88. The molecule has 0 fully saturated rings. The number of hydrogen-bond donors (Lipinski definition) is 2. The monoisotopic (exact) mass is 211 g/mol. The molecule has 0 spiro atoms. The zero-order valence-corrected chi connectivity index (χ0v) is 8.70. The fraction of sp³-hybridized carbons (Fsp3) is 0.200. The van der Waals surface area contributed by atoms with Crippen molar-refractivity contribution in [3.05, 3.63) is 35.0 Å². The molecule has 0 aliphatic carbocycles. The molecular weight excluding hydrogens is 202 g/mol. The molecule has 0 atom stereocenters. The average molecular weight is 212 g/mol. The number of H-pyrrole nitrogens is 1. The van der Waals surface area contributed by atoms with Crippen LogP contribution in [0.3, 0.4) is 0 Å². The Hall–Kier alpha value is -0.600. The van der Waals surface area contributed by atoms with Crippen molar-refractivity contribution >= 4 is 35.1 Å². The first-order chi connectivity index (χ1) is 6.29. The molecular formula is C10H10ClNS. The van der Waals surface area contributed by atoms with E-state index in [0.29, 0.717) is 0 Å². The van der Waals surface area contributed by atoms with Gasteiger partial charge in [-0.15, -0.1) is 0 Å². The third-order valence-corrected chi connectivity index (χ3v) is 2.48. The number of rotatable bonds is 2. The molecule has 0 amide bonds. The SMILES string of the molecule is SCCc1cc2cc(Cl)ccc2[nH]1. The maximum absolute atomic E-state index is 5.88. The Labute approximate surface area is 87.5 Å². The molecule has 0 aliphatic rings. The fourth-order valence-electron chi connectivity index (χ4n) is 1.42. The lowest BCUT2D eigenvalue weighted by molar-refractivity contribution is 1.09. The van der Waals surface area contributed by atoms with E-state index in [9.17, 15) is 0 Å². The lowest BCUT2D eigenvalue weighted by Crippen LogP contribution is -1.83. The highest BCUT2D eigenvalue weighted by Crippen LogP contribution is 2.20. The quantitative estimate of drug-likeness (QED) is 0.710. The normalized spacial score (nSPS) is 10.9. The molecule has 0 saturated heterocycles. The first kappa shape index (κ1) is 8.97. The third-order valence-electron chi connectivity index (χ3n) is 2.02. The summed E-state index contributed by atoms with van der Waals surface area (Å²) in [6.07, 6.45) is 0.968. The molecule has 1 N–H and O–H groups in total. The molecule has 1 aromatic carbocycles. The molecule has 0 radical (unpaired) electrons. The minimum absolute atomic E-state index is 0.781. The number of hydrogen-bond acceptors (Lipinski definition) is 1. The van der Waals surface area contributed by atoms with Gasteiger partial charge in [0, 0.05) is 21.6 Å². The van der Waals surface area contributed by atoms with E-state index in [0.717, 1.165) is 22.7 Å². The van der Waals surface area contributed by atoms with Crippen LogP contribution in [0.25, 0.3) is 10.9 Å². The zero-order valence-electron chi connectivity index (χ0n) is 7.05. The molecule has 1 aromatic heterocycles. The molecule has 2 rings (SSSR count). The van der Waals surface area contributed by atoms with Crippen LogP contribution >= 0.6 is 24.2 Å². The summed E-state index contributed by atoms with van der Waals surface area (Å²) >= 11 is 10.1. The van der Waals surface area contributed by atoms with Gasteiger partial charge in [-0.05, 0) is 36.4 Å². The summed E-state index contributed by atoms with van der Waals surface area (Å²) in [6, 6.07) is 7.98. The van der Waals surface area contributed by atoms with E-state index in [-0.39, 0.29) is 0 Å². The van der Waals surface area contributed by atoms with E-state index < -0.39 is 0 Å². The van der Waals surface area contributed by atoms with Crippen LogP contribution in [-0.4, -0.2) is 10.7 Å². The fourth-order valence-corrected chi connectivity index (χ4v) is 1.84. The summed E-state index contributed by atoms with van der Waals surface area (Å²) in [7, 11) is 0. The van der Waals surface area contributed by atoms with Crippen molar-refractivity contribution in [3.63, 3.8) is 0 Å². The third kappa shape index (κ3) is 1.84. The van der Waals surface area contributed by atoms with Gasteiger partial charge >= 0.3 is 0 Å². The summed E-state index contributed by atoms with van der Waals surface area (Å²) in [4.78, 5) is 3.32. The number of aromatic amines is 1. The standard InChI is InChI=1S/C10H10ClNS/c11-8-1-2-10-7(5-8)6-9(12-10)3-4-13/h1-2,5-6,12-13H,3-4H2. The van der Waals surface area contributed by atoms with Crippen LogP contribution in [0.15, 0.2) is 24.3 Å². The minimum atomic E-state index is 0.781. The van der Waals surface area contributed by atoms with Gasteiger partial charge in [-0.2, -0.15) is 12.6 Å². The van der Waals surface area contributed by atoms with Crippen molar-refractivity contribution in [2.45, 2.75) is 6.42 Å². The number of nitrogens with one attached hydrogen (secondary N) is 1. The van der Waals surface area contributed by atoms with Crippen molar-refractivity contribution in [3.8, 4) is 0 Å². The Balaban J connectivity index is 2.49. The highest BCUT2D eigenvalue weighted by atomic mass is 35.5. The highest BCUT2D eigenvalue weighted by molar-refractivity contribution is 7.80. The minimum Gasteiger partial charge on any atom is -0.358 e. The van der Waals surface area contributed by atoms with E-state index in [2.05, 4.69) is 23.7 Å². The van der Waals surface area contributed by atoms with E-state index in [1.54, 1.807) is 0 Å². The van der Waals surface area contributed by atoms with Gasteiger partial charge in [-0.3, -0.25) is 0 Å². The maximum Gasteiger partial charge on any atom is 0.0457 e. The largest absolute Gasteiger partial charge is 0.358 e. The summed E-state index contributed by atoms with van der Waals surface area (Å²) in [5.41, 5.74) is 2.36. The molecule has 0 aliphatic heterocycles. The highest BCUT2D eigenvalue weighted by Gasteiger charge is 1.99. The molecule has 1 heterocycles. The molecule has 13 heavy (non-hydrogen) atoms. The van der Waals surface area contributed by atoms with Crippen LogP contribution in [0.4, 0.5) is 0 Å². The first-order valence-electron chi connectivity index (χ1n) is 4.17. The van der Waals surface area contributed by atoms with E-state index in [1.165, 1.54) is 11.1 Å². The van der Waals surface area contributed by atoms with Gasteiger partial charge in [0.15, 0.2) is 0 Å². The van der Waals surface area contributed by atoms with E-state index in [4.69, 9.17) is 11.6 Å². The van der Waals surface area contributed by atoms with Gasteiger partial charge in [0.05, 0.1) is 0 Å². The Kier molecular flexibility index (Phi) is 2.51. The van der Waals surface area contributed by atoms with Gasteiger partial charge in [0.1, 0.15) is 0 Å². The van der Waals surface area contributed by atoms with Crippen molar-refractivity contribution in [2.75, 3.05) is 5.75 Å². The second-order valence-electron chi connectivity index (χ2n) is 3.00. The topological polar surface area (TPSA) is 15.8 Å². The smallest absolute Gasteiger partial charge is 0.0457 e. The molecule has 2 aromatic rings. The van der Waals surface area contributed by atoms with Crippen LogP contribution in [0.1, 0.15) is 5.69 Å². The predicted octanol–water partition coefficient (Wildman–Crippen LogP) is 3.29. The lowest BCUT2D eigenvalue weighted by Gasteiger charge is -1.89. The summed E-state index contributed by atoms with van der Waals surface area (Å²) in [5, 5.41) is 1.95. The van der Waals surface area contributed by atoms with Gasteiger partial charge in [-0.25, -0.2) is 0 Å². The number of aromatic nitrogens is 1. The molecule has 3 heteroatoms. The maximum atomic E-state index is 5.88. The Bertz CT molecular complexity index is 422. The average Bonchev–Trinajstić information content (AvgIpc) is 2.46. The number of thiol groups is 1. The van der Waals surface area contributed by atoms with E-state index >= 15 is 0 Å². The predicted molar refractivity (Wildman–Crippen MR) is 60.9 cm³/mol. The van der Waals surface area contributed by atoms with Gasteiger partial charge in [-0.1, -0.05) is 11.6 Å². The van der Waals surface area contributed by atoms with Gasteiger partial charge in [0.25, 0.3) is 0 Å². The Morgan fingerprint density at radius 1 is 1.31 bits per heavy atom. The van der Waals surface area contributed by atoms with Crippen LogP contribution in [0, 0.1) is 0 Å². The van der Waals surface area contributed by atoms with Crippen molar-refractivity contribution in [1.82, 2.24) is 4.98 Å². The summed E-state index contributed by atoms with van der Waals surface area (Å²) in [6.45, 7) is 0. The Morgan fingerprint density at radius 3 is 2.92 bits per heavy atom.